The molecule has 1 N–H and O–H groups in total. The van der Waals surface area contributed by atoms with Gasteiger partial charge >= 0.3 is 0 Å². The van der Waals surface area contributed by atoms with Gasteiger partial charge in [-0.05, 0) is 13.8 Å². The summed E-state index contributed by atoms with van der Waals surface area (Å²) in [4.78, 5) is 4.75. The number of β-amino-alcohol motifs (C(OH)–C–C–N with tert-alkyl or cyclic N) is 1. The van der Waals surface area contributed by atoms with Crippen molar-refractivity contribution >= 4 is 0 Å². The fourth-order valence-electron chi connectivity index (χ4n) is 1.91. The molecule has 1 unspecified atom stereocenters. The Balaban J connectivity index is 2.07. The zero-order chi connectivity index (χ0) is 11.1. The highest BCUT2D eigenvalue weighted by Crippen LogP contribution is 2.02. The van der Waals surface area contributed by atoms with Gasteiger partial charge < -0.3 is 9.84 Å². The third kappa shape index (κ3) is 5.47. The quantitative estimate of drug-likeness (QED) is 0.635. The highest BCUT2D eigenvalue weighted by atomic mass is 16.5. The van der Waals surface area contributed by atoms with Crippen LogP contribution in [-0.4, -0.2) is 73.5 Å². The van der Waals surface area contributed by atoms with E-state index in [0.717, 1.165) is 52.5 Å². The van der Waals surface area contributed by atoms with Crippen molar-refractivity contribution in [2.24, 2.45) is 0 Å². The van der Waals surface area contributed by atoms with Crippen LogP contribution < -0.4 is 0 Å². The van der Waals surface area contributed by atoms with E-state index in [9.17, 15) is 5.11 Å². The minimum atomic E-state index is -0.208. The Morgan fingerprint density at radius 1 is 1.20 bits per heavy atom. The summed E-state index contributed by atoms with van der Waals surface area (Å²) < 4.78 is 5.33. The van der Waals surface area contributed by atoms with Crippen LogP contribution in [0, 0.1) is 0 Å². The smallest absolute Gasteiger partial charge is 0.0639 e. The van der Waals surface area contributed by atoms with Crippen LogP contribution in [-0.2, 0) is 4.74 Å². The van der Waals surface area contributed by atoms with Crippen LogP contribution in [0.4, 0.5) is 0 Å². The molecule has 0 saturated carbocycles. The first-order valence-electron chi connectivity index (χ1n) is 5.93. The van der Waals surface area contributed by atoms with Crippen molar-refractivity contribution < 1.29 is 9.84 Å². The summed E-state index contributed by atoms with van der Waals surface area (Å²) in [5.41, 5.74) is 0. The molecule has 0 radical (unpaired) electrons. The van der Waals surface area contributed by atoms with Crippen LogP contribution in [0.3, 0.4) is 0 Å². The second-order valence-corrected chi connectivity index (χ2v) is 4.19. The zero-order valence-electron chi connectivity index (χ0n) is 9.98. The largest absolute Gasteiger partial charge is 0.392 e. The van der Waals surface area contributed by atoms with E-state index in [0.29, 0.717) is 0 Å². The van der Waals surface area contributed by atoms with Crippen LogP contribution in [0.25, 0.3) is 0 Å². The van der Waals surface area contributed by atoms with Gasteiger partial charge in [-0.3, -0.25) is 9.80 Å². The predicted octanol–water partition coefficient (Wildman–Crippen LogP) is 0.0213. The van der Waals surface area contributed by atoms with Crippen molar-refractivity contribution in [1.29, 1.82) is 0 Å². The molecule has 0 bridgehead atoms. The topological polar surface area (TPSA) is 35.9 Å². The summed E-state index contributed by atoms with van der Waals surface area (Å²) in [5.74, 6) is 0. The molecule has 0 amide bonds. The molecule has 1 rings (SSSR count). The van der Waals surface area contributed by atoms with E-state index in [1.807, 2.05) is 13.8 Å². The Hall–Kier alpha value is -0.160. The maximum atomic E-state index is 9.27. The molecule has 4 nitrogen and oxygen atoms in total. The van der Waals surface area contributed by atoms with Crippen molar-refractivity contribution in [3.8, 4) is 0 Å². The van der Waals surface area contributed by atoms with Gasteiger partial charge in [0.1, 0.15) is 0 Å². The minimum Gasteiger partial charge on any atom is -0.392 e. The van der Waals surface area contributed by atoms with Gasteiger partial charge in [-0.15, -0.1) is 0 Å². The van der Waals surface area contributed by atoms with E-state index in [-0.39, 0.29) is 6.10 Å². The lowest BCUT2D eigenvalue weighted by Gasteiger charge is -2.35. The fraction of sp³-hybridized carbons (Fsp3) is 1.00. The SMILES string of the molecule is CCOCCN1CCN(CC(C)O)CC1. The second-order valence-electron chi connectivity index (χ2n) is 4.19. The summed E-state index contributed by atoms with van der Waals surface area (Å²) in [7, 11) is 0. The summed E-state index contributed by atoms with van der Waals surface area (Å²) in [6.07, 6.45) is -0.208. The van der Waals surface area contributed by atoms with Gasteiger partial charge in [0.25, 0.3) is 0 Å². The molecule has 90 valence electrons. The van der Waals surface area contributed by atoms with Crippen LogP contribution in [0.1, 0.15) is 13.8 Å². The van der Waals surface area contributed by atoms with Crippen molar-refractivity contribution in [2.75, 3.05) is 52.5 Å². The Morgan fingerprint density at radius 2 is 1.80 bits per heavy atom. The van der Waals surface area contributed by atoms with Crippen LogP contribution in [0.2, 0.25) is 0 Å². The molecule has 1 aliphatic heterocycles. The van der Waals surface area contributed by atoms with E-state index >= 15 is 0 Å². The number of hydrogen-bond acceptors (Lipinski definition) is 4. The summed E-state index contributed by atoms with van der Waals surface area (Å²) in [6, 6.07) is 0. The Bertz CT molecular complexity index is 157. The van der Waals surface area contributed by atoms with E-state index in [1.54, 1.807) is 0 Å². The zero-order valence-corrected chi connectivity index (χ0v) is 9.98. The maximum absolute atomic E-state index is 9.27. The first-order valence-corrected chi connectivity index (χ1v) is 5.93. The molecule has 1 saturated heterocycles. The van der Waals surface area contributed by atoms with Gasteiger partial charge in [-0.1, -0.05) is 0 Å². The molecule has 0 aromatic rings. The van der Waals surface area contributed by atoms with E-state index < -0.39 is 0 Å². The summed E-state index contributed by atoms with van der Waals surface area (Å²) in [6.45, 7) is 11.7. The van der Waals surface area contributed by atoms with Gasteiger partial charge in [-0.25, -0.2) is 0 Å². The number of hydrogen-bond donors (Lipinski definition) is 1. The Labute approximate surface area is 92.8 Å². The molecule has 1 aliphatic rings. The lowest BCUT2D eigenvalue weighted by atomic mass is 10.3. The highest BCUT2D eigenvalue weighted by Gasteiger charge is 2.17. The molecule has 1 fully saturated rings. The molecule has 4 heteroatoms. The first kappa shape index (κ1) is 12.9. The number of aliphatic hydroxyl groups excluding tert-OH is 1. The van der Waals surface area contributed by atoms with Crippen molar-refractivity contribution in [2.45, 2.75) is 20.0 Å². The standard InChI is InChI=1S/C11H24N2O2/c1-3-15-9-8-12-4-6-13(7-5-12)10-11(2)14/h11,14H,3-10H2,1-2H3. The molecule has 0 aromatic carbocycles. The Kier molecular flexibility index (Phi) is 6.17. The number of rotatable bonds is 6. The number of aliphatic hydroxyl groups is 1. The van der Waals surface area contributed by atoms with Gasteiger partial charge in [0.15, 0.2) is 0 Å². The van der Waals surface area contributed by atoms with Gasteiger partial charge in [0, 0.05) is 45.9 Å². The fourth-order valence-corrected chi connectivity index (χ4v) is 1.91. The number of piperazine rings is 1. The monoisotopic (exact) mass is 216 g/mol. The minimum absolute atomic E-state index is 0.208. The van der Waals surface area contributed by atoms with Crippen LogP contribution >= 0.6 is 0 Å². The molecule has 1 heterocycles. The number of nitrogens with zero attached hydrogens (tertiary/aromatic N) is 2. The lowest BCUT2D eigenvalue weighted by molar-refractivity contribution is 0.0599. The highest BCUT2D eigenvalue weighted by molar-refractivity contribution is 4.72. The molecule has 0 aromatic heterocycles. The number of ether oxygens (including phenoxy) is 1. The maximum Gasteiger partial charge on any atom is 0.0639 e. The second kappa shape index (κ2) is 7.17. The lowest BCUT2D eigenvalue weighted by Crippen LogP contribution is -2.48. The van der Waals surface area contributed by atoms with Gasteiger partial charge in [-0.2, -0.15) is 0 Å². The molecular formula is C11H24N2O2. The van der Waals surface area contributed by atoms with Crippen LogP contribution in [0.15, 0.2) is 0 Å². The van der Waals surface area contributed by atoms with Crippen LogP contribution in [0.5, 0.6) is 0 Å². The average Bonchev–Trinajstić information content (AvgIpc) is 2.20. The van der Waals surface area contributed by atoms with Crippen molar-refractivity contribution in [3.63, 3.8) is 0 Å². The molecule has 0 aliphatic carbocycles. The molecule has 1 atom stereocenters. The summed E-state index contributed by atoms with van der Waals surface area (Å²) >= 11 is 0. The third-order valence-corrected chi connectivity index (χ3v) is 2.74. The Morgan fingerprint density at radius 3 is 2.33 bits per heavy atom. The van der Waals surface area contributed by atoms with E-state index in [4.69, 9.17) is 4.74 Å². The van der Waals surface area contributed by atoms with Gasteiger partial charge in [0.2, 0.25) is 0 Å². The average molecular weight is 216 g/mol. The summed E-state index contributed by atoms with van der Waals surface area (Å²) in [5, 5.41) is 9.27. The van der Waals surface area contributed by atoms with Crippen molar-refractivity contribution in [1.82, 2.24) is 9.80 Å². The predicted molar refractivity (Wildman–Crippen MR) is 61.1 cm³/mol. The van der Waals surface area contributed by atoms with Gasteiger partial charge in [0.05, 0.1) is 12.7 Å². The first-order chi connectivity index (χ1) is 7.22. The van der Waals surface area contributed by atoms with E-state index in [2.05, 4.69) is 9.80 Å². The normalized spacial score (nSPS) is 21.8. The van der Waals surface area contributed by atoms with Crippen molar-refractivity contribution in [3.05, 3.63) is 0 Å². The molecule has 15 heavy (non-hydrogen) atoms. The molecule has 0 spiro atoms. The molecular weight excluding hydrogens is 192 g/mol. The third-order valence-electron chi connectivity index (χ3n) is 2.74. The van der Waals surface area contributed by atoms with E-state index in [1.165, 1.54) is 0 Å².